The highest BCUT2D eigenvalue weighted by Gasteiger charge is 2.18. The highest BCUT2D eigenvalue weighted by Crippen LogP contribution is 2.43. The summed E-state index contributed by atoms with van der Waals surface area (Å²) in [6.07, 6.45) is 0. The van der Waals surface area contributed by atoms with Crippen LogP contribution in [0.1, 0.15) is 0 Å². The molecule has 0 fully saturated rings. The standard InChI is InChI=1S/C46H30N2O/c1-2-10-30(11-3-1)32-20-23-34(24-21-32)48(35-25-22-31-12-4-5-13-33(31)28-35)36-26-27-42-41(29-36)39-17-8-16-38(46(39)47-42)37-15-9-19-44-45(37)40-14-6-7-18-43(40)49-44/h1-29,47H. The number of hydrogen-bond acceptors (Lipinski definition) is 2. The first kappa shape index (κ1) is 27.5. The fourth-order valence-corrected chi connectivity index (χ4v) is 7.47. The minimum atomic E-state index is 0.901. The van der Waals surface area contributed by atoms with E-state index in [0.29, 0.717) is 0 Å². The van der Waals surface area contributed by atoms with Gasteiger partial charge < -0.3 is 14.3 Å². The molecule has 10 aromatic rings. The van der Waals surface area contributed by atoms with Crippen LogP contribution < -0.4 is 4.90 Å². The molecule has 2 aromatic heterocycles. The topological polar surface area (TPSA) is 32.2 Å². The van der Waals surface area contributed by atoms with E-state index in [4.69, 9.17) is 4.42 Å². The number of aromatic nitrogens is 1. The van der Waals surface area contributed by atoms with Crippen LogP contribution in [0.2, 0.25) is 0 Å². The average molecular weight is 627 g/mol. The van der Waals surface area contributed by atoms with Gasteiger partial charge in [-0.15, -0.1) is 0 Å². The maximum atomic E-state index is 6.26. The molecule has 0 saturated carbocycles. The molecule has 0 bridgehead atoms. The van der Waals surface area contributed by atoms with Crippen LogP contribution in [0.25, 0.3) is 76.8 Å². The molecule has 0 spiro atoms. The summed E-state index contributed by atoms with van der Waals surface area (Å²) in [7, 11) is 0. The molecule has 0 radical (unpaired) electrons. The van der Waals surface area contributed by atoms with Gasteiger partial charge in [0.05, 0.1) is 5.52 Å². The molecule has 0 aliphatic carbocycles. The second kappa shape index (κ2) is 11.0. The number of anilines is 3. The van der Waals surface area contributed by atoms with Crippen molar-refractivity contribution in [2.45, 2.75) is 0 Å². The Morgan fingerprint density at radius 2 is 1.06 bits per heavy atom. The second-order valence-electron chi connectivity index (χ2n) is 12.6. The number of rotatable bonds is 5. The van der Waals surface area contributed by atoms with E-state index in [1.807, 2.05) is 12.1 Å². The second-order valence-corrected chi connectivity index (χ2v) is 12.6. The Labute approximate surface area is 283 Å². The van der Waals surface area contributed by atoms with Crippen LogP contribution in [0.4, 0.5) is 17.1 Å². The number of aromatic amines is 1. The van der Waals surface area contributed by atoms with Crippen molar-refractivity contribution in [2.24, 2.45) is 0 Å². The summed E-state index contributed by atoms with van der Waals surface area (Å²) in [5.74, 6) is 0. The Morgan fingerprint density at radius 3 is 1.96 bits per heavy atom. The lowest BCUT2D eigenvalue weighted by Gasteiger charge is -2.26. The van der Waals surface area contributed by atoms with Crippen LogP contribution in [0.5, 0.6) is 0 Å². The van der Waals surface area contributed by atoms with Gasteiger partial charge >= 0.3 is 0 Å². The number of fused-ring (bicyclic) bond motifs is 7. The van der Waals surface area contributed by atoms with Crippen molar-refractivity contribution in [1.82, 2.24) is 4.98 Å². The van der Waals surface area contributed by atoms with E-state index in [9.17, 15) is 0 Å². The van der Waals surface area contributed by atoms with Crippen molar-refractivity contribution in [3.63, 3.8) is 0 Å². The van der Waals surface area contributed by atoms with Crippen molar-refractivity contribution >= 4 is 71.6 Å². The van der Waals surface area contributed by atoms with Crippen LogP contribution in [-0.2, 0) is 0 Å². The summed E-state index contributed by atoms with van der Waals surface area (Å²) >= 11 is 0. The molecule has 0 aliphatic rings. The van der Waals surface area contributed by atoms with Gasteiger partial charge in [-0.3, -0.25) is 0 Å². The van der Waals surface area contributed by atoms with Crippen LogP contribution >= 0.6 is 0 Å². The zero-order valence-electron chi connectivity index (χ0n) is 26.6. The van der Waals surface area contributed by atoms with E-state index in [-0.39, 0.29) is 0 Å². The van der Waals surface area contributed by atoms with E-state index in [1.54, 1.807) is 0 Å². The number of nitrogens with zero attached hydrogens (tertiary/aromatic N) is 1. The lowest BCUT2D eigenvalue weighted by molar-refractivity contribution is 0.669. The first-order valence-corrected chi connectivity index (χ1v) is 16.7. The largest absolute Gasteiger partial charge is 0.456 e. The SMILES string of the molecule is c1ccc(-c2ccc(N(c3ccc4ccccc4c3)c3ccc4[nH]c5c(-c6cccc7oc8ccccc8c67)cccc5c4c3)cc2)cc1. The monoisotopic (exact) mass is 626 g/mol. The number of H-pyrrole nitrogens is 1. The smallest absolute Gasteiger partial charge is 0.136 e. The van der Waals surface area contributed by atoms with Gasteiger partial charge in [0.25, 0.3) is 0 Å². The molecule has 0 unspecified atom stereocenters. The van der Waals surface area contributed by atoms with E-state index >= 15 is 0 Å². The maximum Gasteiger partial charge on any atom is 0.136 e. The minimum Gasteiger partial charge on any atom is -0.456 e. The summed E-state index contributed by atoms with van der Waals surface area (Å²) in [5.41, 5.74) is 12.1. The van der Waals surface area contributed by atoms with E-state index in [2.05, 4.69) is 174 Å². The third-order valence-electron chi connectivity index (χ3n) is 9.79. The van der Waals surface area contributed by atoms with Crippen molar-refractivity contribution in [3.05, 3.63) is 176 Å². The molecular weight excluding hydrogens is 597 g/mol. The molecule has 0 atom stereocenters. The molecule has 3 nitrogen and oxygen atoms in total. The summed E-state index contributed by atoms with van der Waals surface area (Å²) < 4.78 is 6.26. The quantitative estimate of drug-likeness (QED) is 0.206. The summed E-state index contributed by atoms with van der Waals surface area (Å²) in [4.78, 5) is 6.16. The number of benzene rings is 8. The molecule has 10 rings (SSSR count). The molecule has 230 valence electrons. The third-order valence-corrected chi connectivity index (χ3v) is 9.79. The molecule has 49 heavy (non-hydrogen) atoms. The third kappa shape index (κ3) is 4.51. The normalized spacial score (nSPS) is 11.7. The Balaban J connectivity index is 1.15. The molecule has 0 aliphatic heterocycles. The number of para-hydroxylation sites is 2. The fraction of sp³-hybridized carbons (Fsp3) is 0. The van der Waals surface area contributed by atoms with Crippen LogP contribution in [0.15, 0.2) is 180 Å². The molecule has 0 amide bonds. The molecular formula is C46H30N2O. The first-order chi connectivity index (χ1) is 24.3. The van der Waals surface area contributed by atoms with Gasteiger partial charge in [-0.05, 0) is 82.1 Å². The first-order valence-electron chi connectivity index (χ1n) is 16.7. The molecule has 1 N–H and O–H groups in total. The minimum absolute atomic E-state index is 0.901. The molecule has 3 heteroatoms. The van der Waals surface area contributed by atoms with Gasteiger partial charge in [0.2, 0.25) is 0 Å². The van der Waals surface area contributed by atoms with Gasteiger partial charge in [0.15, 0.2) is 0 Å². The van der Waals surface area contributed by atoms with E-state index in [1.165, 1.54) is 32.7 Å². The Morgan fingerprint density at radius 1 is 0.408 bits per heavy atom. The van der Waals surface area contributed by atoms with E-state index in [0.717, 1.165) is 61.2 Å². The number of furan rings is 1. The van der Waals surface area contributed by atoms with E-state index < -0.39 is 0 Å². The summed E-state index contributed by atoms with van der Waals surface area (Å²) in [6, 6.07) is 62.7. The zero-order valence-corrected chi connectivity index (χ0v) is 26.6. The van der Waals surface area contributed by atoms with Gasteiger partial charge in [-0.1, -0.05) is 121 Å². The van der Waals surface area contributed by atoms with Gasteiger partial charge in [-0.2, -0.15) is 0 Å². The predicted molar refractivity (Wildman–Crippen MR) is 206 cm³/mol. The lowest BCUT2D eigenvalue weighted by Crippen LogP contribution is -2.09. The van der Waals surface area contributed by atoms with Gasteiger partial charge in [0.1, 0.15) is 11.2 Å². The highest BCUT2D eigenvalue weighted by molar-refractivity contribution is 6.18. The van der Waals surface area contributed by atoms with Crippen LogP contribution in [-0.4, -0.2) is 4.98 Å². The molecule has 0 saturated heterocycles. The molecule has 2 heterocycles. The predicted octanol–water partition coefficient (Wildman–Crippen LogP) is 13.2. The zero-order chi connectivity index (χ0) is 32.3. The fourth-order valence-electron chi connectivity index (χ4n) is 7.47. The Kier molecular flexibility index (Phi) is 6.18. The average Bonchev–Trinajstić information content (AvgIpc) is 3.74. The van der Waals surface area contributed by atoms with Crippen LogP contribution in [0.3, 0.4) is 0 Å². The Hall–Kier alpha value is -6.58. The summed E-state index contributed by atoms with van der Waals surface area (Å²) in [5, 5.41) is 7.09. The lowest BCUT2D eigenvalue weighted by atomic mass is 9.97. The Bertz CT molecular complexity index is 2830. The van der Waals surface area contributed by atoms with Gasteiger partial charge in [0, 0.05) is 49.7 Å². The van der Waals surface area contributed by atoms with Gasteiger partial charge in [-0.25, -0.2) is 0 Å². The summed E-state index contributed by atoms with van der Waals surface area (Å²) in [6.45, 7) is 0. The number of nitrogens with one attached hydrogen (secondary N) is 1. The molecule has 8 aromatic carbocycles. The van der Waals surface area contributed by atoms with Crippen molar-refractivity contribution in [2.75, 3.05) is 4.90 Å². The van der Waals surface area contributed by atoms with Crippen molar-refractivity contribution < 1.29 is 4.42 Å². The highest BCUT2D eigenvalue weighted by atomic mass is 16.3. The maximum absolute atomic E-state index is 6.26. The van der Waals surface area contributed by atoms with Crippen molar-refractivity contribution in [3.8, 4) is 22.3 Å². The van der Waals surface area contributed by atoms with Crippen molar-refractivity contribution in [1.29, 1.82) is 0 Å². The number of hydrogen-bond donors (Lipinski definition) is 1. The van der Waals surface area contributed by atoms with Crippen LogP contribution in [0, 0.1) is 0 Å².